The summed E-state index contributed by atoms with van der Waals surface area (Å²) in [6.45, 7) is 11.8. The van der Waals surface area contributed by atoms with Crippen LogP contribution in [-0.2, 0) is 9.59 Å². The zero-order valence-electron chi connectivity index (χ0n) is 39.9. The normalized spacial score (nSPS) is 14.4. The molecule has 1 saturated carbocycles. The van der Waals surface area contributed by atoms with Crippen LogP contribution in [0.1, 0.15) is 75.4 Å². The van der Waals surface area contributed by atoms with Crippen LogP contribution in [0.3, 0.4) is 0 Å². The van der Waals surface area contributed by atoms with Crippen molar-refractivity contribution in [3.05, 3.63) is 132 Å². The molecule has 2 aliphatic rings. The number of hydrogen-bond donors (Lipinski definition) is 6. The molecule has 0 unspecified atom stereocenters. The average Bonchev–Trinajstić information content (AvgIpc) is 4.22. The molecule has 2 aromatic carbocycles. The summed E-state index contributed by atoms with van der Waals surface area (Å²) in [5, 5.41) is 29.5. The van der Waals surface area contributed by atoms with Gasteiger partial charge in [0.15, 0.2) is 33.2 Å². The van der Waals surface area contributed by atoms with E-state index in [0.717, 1.165) is 52.7 Å². The molecular weight excluding hydrogens is 990 g/mol. The van der Waals surface area contributed by atoms with Crippen molar-refractivity contribution in [1.82, 2.24) is 45.2 Å². The van der Waals surface area contributed by atoms with Gasteiger partial charge < -0.3 is 25.0 Å². The van der Waals surface area contributed by atoms with E-state index in [1.807, 2.05) is 26.0 Å². The summed E-state index contributed by atoms with van der Waals surface area (Å²) in [4.78, 5) is 67.8. The van der Waals surface area contributed by atoms with Gasteiger partial charge in [-0.15, -0.1) is 22.7 Å². The number of rotatable bonds is 14. The quantitative estimate of drug-likeness (QED) is 0.0438. The molecule has 1 saturated heterocycles. The van der Waals surface area contributed by atoms with Crippen LogP contribution in [-0.4, -0.2) is 93.4 Å². The highest BCUT2D eigenvalue weighted by Gasteiger charge is 2.25. The topological polar surface area (TPSA) is 247 Å². The number of piperidine rings is 1. The standard InChI is InChI=1S/C25H25N7O3S.C23H24N6O2S.C3H3ClO/c1-3-20(33)32-11-5-7-17(14-32)28-23-21-19(9-10-26-22(21)30-31-23)35-18-8-4-6-16(12-18)24(34)29-25-27-13-15(2)36-25;1-14-13-25-23(32-14)27-22(30)15-6-5-9-17(12-15)31-18-10-11-24-20-19(18)21(29-28-20)26-16-7-3-2-4-8-16;1-2-3(4)5/h3-4,6,8-10,12-13,17H,1,5,7,11,14H2,2H3,(H,27,29,34)(H2,26,28,30,31);5-6,9-13,16H,2-4,7-8H2,1H3,(H,25,27,30)(H2,24,26,28,29);2H,1H2/t17-;;/m1../s1. The zero-order valence-corrected chi connectivity index (χ0v) is 42.3. The van der Waals surface area contributed by atoms with Crippen LogP contribution in [0, 0.1) is 13.8 Å². The number of carbonyl (C=O) groups excluding carboxylic acids is 4. The van der Waals surface area contributed by atoms with Crippen molar-refractivity contribution in [3.8, 4) is 23.0 Å². The molecule has 19 nitrogen and oxygen atoms in total. The minimum absolute atomic E-state index is 0.0312. The first-order valence-electron chi connectivity index (χ1n) is 23.4. The molecular formula is C51H52ClN13O6S2. The molecule has 73 heavy (non-hydrogen) atoms. The molecule has 6 aromatic heterocycles. The molecule has 0 bridgehead atoms. The number of allylic oxidation sites excluding steroid dienone is 1. The van der Waals surface area contributed by atoms with Crippen LogP contribution in [0.4, 0.5) is 21.9 Å². The number of carbonyl (C=O) groups is 4. The fourth-order valence-corrected chi connectivity index (χ4v) is 9.42. The smallest absolute Gasteiger partial charge is 0.257 e. The van der Waals surface area contributed by atoms with Crippen molar-refractivity contribution in [2.75, 3.05) is 34.4 Å². The Morgan fingerprint density at radius 3 is 1.64 bits per heavy atom. The molecule has 7 heterocycles. The number of fused-ring (bicyclic) bond motifs is 2. The van der Waals surface area contributed by atoms with Crippen molar-refractivity contribution in [2.24, 2.45) is 0 Å². The Kier molecular flexibility index (Phi) is 17.2. The van der Waals surface area contributed by atoms with Crippen LogP contribution < -0.4 is 30.7 Å². The second-order valence-electron chi connectivity index (χ2n) is 16.9. The number of ether oxygens (including phenoxy) is 2. The van der Waals surface area contributed by atoms with Crippen molar-refractivity contribution < 1.29 is 28.7 Å². The maximum absolute atomic E-state index is 12.7. The summed E-state index contributed by atoms with van der Waals surface area (Å²) >= 11 is 7.56. The molecule has 1 aliphatic carbocycles. The second kappa shape index (κ2) is 24.4. The second-order valence-corrected chi connectivity index (χ2v) is 19.7. The predicted octanol–water partition coefficient (Wildman–Crippen LogP) is 10.8. The summed E-state index contributed by atoms with van der Waals surface area (Å²) in [6, 6.07) is 18.0. The lowest BCUT2D eigenvalue weighted by molar-refractivity contribution is -0.127. The highest BCUT2D eigenvalue weighted by atomic mass is 35.5. The molecule has 3 amide bonds. The van der Waals surface area contributed by atoms with E-state index in [1.165, 1.54) is 48.0 Å². The van der Waals surface area contributed by atoms with Crippen LogP contribution in [0.5, 0.6) is 23.0 Å². The van der Waals surface area contributed by atoms with Gasteiger partial charge in [0.25, 0.3) is 11.8 Å². The van der Waals surface area contributed by atoms with Gasteiger partial charge in [-0.3, -0.25) is 40.0 Å². The van der Waals surface area contributed by atoms with Crippen LogP contribution in [0.25, 0.3) is 22.1 Å². The Balaban J connectivity index is 0.000000179. The third kappa shape index (κ3) is 13.7. The first kappa shape index (κ1) is 51.3. The number of nitrogens with one attached hydrogen (secondary N) is 6. The van der Waals surface area contributed by atoms with Gasteiger partial charge in [-0.05, 0) is 99.7 Å². The van der Waals surface area contributed by atoms with Gasteiger partial charge in [0.2, 0.25) is 11.1 Å². The first-order chi connectivity index (χ1) is 35.4. The third-order valence-electron chi connectivity index (χ3n) is 11.5. The van der Waals surface area contributed by atoms with Crippen molar-refractivity contribution in [2.45, 2.75) is 70.9 Å². The van der Waals surface area contributed by atoms with Crippen molar-refractivity contribution in [1.29, 1.82) is 0 Å². The minimum Gasteiger partial charge on any atom is -0.456 e. The average molecular weight is 1040 g/mol. The number of aromatic amines is 2. The molecule has 0 radical (unpaired) electrons. The van der Waals surface area contributed by atoms with Crippen LogP contribution in [0.2, 0.25) is 0 Å². The highest BCUT2D eigenvalue weighted by molar-refractivity contribution is 7.16. The Morgan fingerprint density at radius 2 is 1.18 bits per heavy atom. The monoisotopic (exact) mass is 1040 g/mol. The van der Waals surface area contributed by atoms with Crippen molar-refractivity contribution in [3.63, 3.8) is 0 Å². The van der Waals surface area contributed by atoms with Gasteiger partial charge in [0, 0.05) is 83.0 Å². The van der Waals surface area contributed by atoms with E-state index in [4.69, 9.17) is 21.1 Å². The number of hydrogen-bond acceptors (Lipinski definition) is 16. The van der Waals surface area contributed by atoms with Gasteiger partial charge in [-0.25, -0.2) is 19.9 Å². The summed E-state index contributed by atoms with van der Waals surface area (Å²) in [7, 11) is 0. The number of thiazole rings is 2. The molecule has 8 aromatic rings. The number of H-pyrrole nitrogens is 2. The fraction of sp³-hybridized carbons (Fsp3) is 0.255. The lowest BCUT2D eigenvalue weighted by Gasteiger charge is -2.32. The SMILES string of the molecule is C=CC(=O)Cl.C=CC(=O)N1CCC[C@@H](Nc2n[nH]c3nccc(Oc4cccc(C(=O)Nc5ncc(C)s5)c4)c23)C1.Cc1cnc(NC(=O)c2cccc(Oc3ccnc4[nH]nc(NC5CCCCC5)c34)c2)s1. The molecule has 6 N–H and O–H groups in total. The van der Waals surface area contributed by atoms with E-state index in [-0.39, 0.29) is 23.8 Å². The third-order valence-corrected chi connectivity index (χ3v) is 13.3. The summed E-state index contributed by atoms with van der Waals surface area (Å²) in [5.41, 5.74) is 2.17. The summed E-state index contributed by atoms with van der Waals surface area (Å²) in [5.74, 6) is 3.01. The molecule has 2 fully saturated rings. The molecule has 10 rings (SSSR count). The zero-order chi connectivity index (χ0) is 51.3. The van der Waals surface area contributed by atoms with E-state index in [0.29, 0.717) is 86.0 Å². The van der Waals surface area contributed by atoms with Gasteiger partial charge >= 0.3 is 0 Å². The first-order valence-corrected chi connectivity index (χ1v) is 25.4. The van der Waals surface area contributed by atoms with E-state index in [1.54, 1.807) is 78.2 Å². The fourth-order valence-electron chi connectivity index (χ4n) is 8.10. The van der Waals surface area contributed by atoms with E-state index in [2.05, 4.69) is 74.8 Å². The number of nitrogens with zero attached hydrogens (tertiary/aromatic N) is 7. The Labute approximate surface area is 432 Å². The van der Waals surface area contributed by atoms with E-state index >= 15 is 0 Å². The molecule has 1 aliphatic heterocycles. The van der Waals surface area contributed by atoms with Gasteiger partial charge in [0.05, 0.1) is 0 Å². The van der Waals surface area contributed by atoms with Crippen LogP contribution >= 0.6 is 34.3 Å². The number of anilines is 4. The number of benzene rings is 2. The number of aryl methyl sites for hydroxylation is 2. The predicted molar refractivity (Wildman–Crippen MR) is 285 cm³/mol. The number of pyridine rings is 2. The van der Waals surface area contributed by atoms with Gasteiger partial charge in [0.1, 0.15) is 33.8 Å². The Hall–Kier alpha value is -8.01. The lowest BCUT2D eigenvalue weighted by Crippen LogP contribution is -2.44. The lowest BCUT2D eigenvalue weighted by atomic mass is 9.95. The highest BCUT2D eigenvalue weighted by Crippen LogP contribution is 2.36. The molecule has 0 spiro atoms. The maximum atomic E-state index is 12.7. The Morgan fingerprint density at radius 1 is 0.685 bits per heavy atom. The largest absolute Gasteiger partial charge is 0.456 e. The molecule has 376 valence electrons. The molecule has 22 heteroatoms. The number of likely N-dealkylation sites (tertiary alicyclic amines) is 1. The van der Waals surface area contributed by atoms with E-state index in [9.17, 15) is 19.2 Å². The van der Waals surface area contributed by atoms with Crippen LogP contribution in [0.15, 0.2) is 111 Å². The maximum Gasteiger partial charge on any atom is 0.257 e. The number of halogens is 1. The van der Waals surface area contributed by atoms with Gasteiger partial charge in [-0.2, -0.15) is 10.2 Å². The molecule has 1 atom stereocenters. The van der Waals surface area contributed by atoms with Gasteiger partial charge in [-0.1, -0.05) is 44.6 Å². The minimum atomic E-state index is -0.509. The summed E-state index contributed by atoms with van der Waals surface area (Å²) < 4.78 is 12.4. The number of amides is 3. The van der Waals surface area contributed by atoms with Crippen molar-refractivity contribution >= 4 is 101 Å². The number of aromatic nitrogens is 8. The Bertz CT molecular complexity index is 3250. The summed E-state index contributed by atoms with van der Waals surface area (Å²) in [6.07, 6.45) is 17.0. The van der Waals surface area contributed by atoms with E-state index < -0.39 is 5.24 Å².